The van der Waals surface area contributed by atoms with Crippen LogP contribution in [0.4, 0.5) is 11.5 Å². The van der Waals surface area contributed by atoms with Crippen LogP contribution in [-0.2, 0) is 4.79 Å². The van der Waals surface area contributed by atoms with Crippen LogP contribution in [0.2, 0.25) is 0 Å². The van der Waals surface area contributed by atoms with Crippen LogP contribution in [-0.4, -0.2) is 44.6 Å². The van der Waals surface area contributed by atoms with Gasteiger partial charge in [0.1, 0.15) is 17.6 Å². The van der Waals surface area contributed by atoms with Gasteiger partial charge in [0.05, 0.1) is 6.20 Å². The predicted octanol–water partition coefficient (Wildman–Crippen LogP) is 1.78. The number of hydrogen-bond donors (Lipinski definition) is 0. The average Bonchev–Trinajstić information content (AvgIpc) is 3.13. The largest absolute Gasteiger partial charge is 0.340 e. The fraction of sp³-hybridized carbons (Fsp3) is 0.500. The molecule has 2 aliphatic rings. The maximum absolute atomic E-state index is 13.0. The Bertz CT molecular complexity index is 743. The SMILES string of the molecule is CCC12CCCCN1c1nc(-n3ccnc3)ncc1N(C)C2=O. The second-order valence-electron chi connectivity index (χ2n) is 6.21. The van der Waals surface area contributed by atoms with Crippen molar-refractivity contribution in [2.75, 3.05) is 23.4 Å². The number of aromatic nitrogens is 4. The Morgan fingerprint density at radius 1 is 1.35 bits per heavy atom. The van der Waals surface area contributed by atoms with Crippen molar-refractivity contribution in [2.24, 2.45) is 0 Å². The van der Waals surface area contributed by atoms with E-state index in [1.807, 2.05) is 13.2 Å². The normalized spacial score (nSPS) is 23.7. The number of anilines is 2. The van der Waals surface area contributed by atoms with E-state index in [9.17, 15) is 4.79 Å². The molecule has 2 aliphatic heterocycles. The van der Waals surface area contributed by atoms with Gasteiger partial charge in [-0.1, -0.05) is 6.92 Å². The van der Waals surface area contributed by atoms with E-state index in [0.29, 0.717) is 5.95 Å². The summed E-state index contributed by atoms with van der Waals surface area (Å²) in [6.45, 7) is 2.95. The van der Waals surface area contributed by atoms with E-state index in [4.69, 9.17) is 4.98 Å². The van der Waals surface area contributed by atoms with Crippen LogP contribution in [0.5, 0.6) is 0 Å². The summed E-state index contributed by atoms with van der Waals surface area (Å²) in [5.74, 6) is 1.60. The number of hydrogen-bond acceptors (Lipinski definition) is 5. The summed E-state index contributed by atoms with van der Waals surface area (Å²) in [7, 11) is 1.82. The van der Waals surface area contributed by atoms with E-state index in [0.717, 1.165) is 43.7 Å². The van der Waals surface area contributed by atoms with Gasteiger partial charge in [0.25, 0.3) is 5.91 Å². The second-order valence-corrected chi connectivity index (χ2v) is 6.21. The Balaban J connectivity index is 1.89. The molecule has 0 spiro atoms. The number of nitrogens with zero attached hydrogens (tertiary/aromatic N) is 6. The zero-order chi connectivity index (χ0) is 16.0. The van der Waals surface area contributed by atoms with Crippen molar-refractivity contribution in [3.8, 4) is 5.95 Å². The lowest BCUT2D eigenvalue weighted by Gasteiger charge is -2.51. The second kappa shape index (κ2) is 5.04. The molecule has 1 fully saturated rings. The molecule has 120 valence electrons. The van der Waals surface area contributed by atoms with E-state index < -0.39 is 5.54 Å². The number of fused-ring (bicyclic) bond motifs is 3. The van der Waals surface area contributed by atoms with Crippen LogP contribution < -0.4 is 9.80 Å². The highest BCUT2D eigenvalue weighted by molar-refractivity contribution is 6.07. The van der Waals surface area contributed by atoms with Crippen LogP contribution in [0, 0.1) is 0 Å². The smallest absolute Gasteiger partial charge is 0.252 e. The summed E-state index contributed by atoms with van der Waals surface area (Å²) in [5, 5.41) is 0. The van der Waals surface area contributed by atoms with Crippen molar-refractivity contribution in [3.05, 3.63) is 24.9 Å². The first-order valence-corrected chi connectivity index (χ1v) is 8.08. The topological polar surface area (TPSA) is 67.2 Å². The summed E-state index contributed by atoms with van der Waals surface area (Å²) in [6.07, 6.45) is 10.8. The first-order chi connectivity index (χ1) is 11.2. The molecule has 0 aromatic carbocycles. The number of piperidine rings is 1. The Morgan fingerprint density at radius 2 is 2.22 bits per heavy atom. The van der Waals surface area contributed by atoms with E-state index in [1.54, 1.807) is 28.2 Å². The molecule has 1 unspecified atom stereocenters. The number of carbonyl (C=O) groups excluding carboxylic acids is 1. The monoisotopic (exact) mass is 312 g/mol. The minimum absolute atomic E-state index is 0.159. The van der Waals surface area contributed by atoms with Gasteiger partial charge in [0.15, 0.2) is 5.82 Å². The summed E-state index contributed by atoms with van der Waals surface area (Å²) < 4.78 is 1.79. The molecule has 1 atom stereocenters. The third-order valence-electron chi connectivity index (χ3n) is 5.12. The Labute approximate surface area is 135 Å². The standard InChI is InChI=1S/C16H20N6O/c1-3-16-6-4-5-8-22(16)13-12(20(2)14(16)23)10-18-15(19-13)21-9-7-17-11-21/h7,9-11H,3-6,8H2,1-2H3. The van der Waals surface area contributed by atoms with Gasteiger partial charge in [-0.2, -0.15) is 4.98 Å². The quantitative estimate of drug-likeness (QED) is 0.845. The van der Waals surface area contributed by atoms with Gasteiger partial charge in [0, 0.05) is 26.0 Å². The van der Waals surface area contributed by atoms with E-state index >= 15 is 0 Å². The third-order valence-corrected chi connectivity index (χ3v) is 5.12. The maximum Gasteiger partial charge on any atom is 0.252 e. The van der Waals surface area contributed by atoms with E-state index in [-0.39, 0.29) is 5.91 Å². The van der Waals surface area contributed by atoms with Crippen molar-refractivity contribution in [3.63, 3.8) is 0 Å². The molecule has 2 aromatic heterocycles. The Hall–Kier alpha value is -2.44. The van der Waals surface area contributed by atoms with Crippen molar-refractivity contribution in [1.82, 2.24) is 19.5 Å². The molecule has 7 heteroatoms. The number of amides is 1. The van der Waals surface area contributed by atoms with Gasteiger partial charge in [-0.05, 0) is 25.7 Å². The average molecular weight is 312 g/mol. The molecular weight excluding hydrogens is 292 g/mol. The first-order valence-electron chi connectivity index (χ1n) is 8.08. The van der Waals surface area contributed by atoms with Crippen molar-refractivity contribution >= 4 is 17.4 Å². The fourth-order valence-electron chi connectivity index (χ4n) is 3.80. The van der Waals surface area contributed by atoms with E-state index in [2.05, 4.69) is 21.8 Å². The van der Waals surface area contributed by atoms with Gasteiger partial charge >= 0.3 is 0 Å². The molecule has 0 saturated carbocycles. The molecule has 1 amide bonds. The van der Waals surface area contributed by atoms with Gasteiger partial charge in [-0.15, -0.1) is 0 Å². The maximum atomic E-state index is 13.0. The zero-order valence-electron chi connectivity index (χ0n) is 13.4. The number of rotatable bonds is 2. The molecule has 4 heterocycles. The molecule has 7 nitrogen and oxygen atoms in total. The lowest BCUT2D eigenvalue weighted by molar-refractivity contribution is -0.124. The van der Waals surface area contributed by atoms with Crippen LogP contribution >= 0.6 is 0 Å². The summed E-state index contributed by atoms with van der Waals surface area (Å²) in [6, 6.07) is 0. The molecular formula is C16H20N6O. The third kappa shape index (κ3) is 1.89. The van der Waals surface area contributed by atoms with Crippen LogP contribution in [0.3, 0.4) is 0 Å². The van der Waals surface area contributed by atoms with Crippen molar-refractivity contribution < 1.29 is 4.79 Å². The lowest BCUT2D eigenvalue weighted by Crippen LogP contribution is -2.64. The highest BCUT2D eigenvalue weighted by Crippen LogP contribution is 2.44. The van der Waals surface area contributed by atoms with Crippen LogP contribution in [0.15, 0.2) is 24.9 Å². The summed E-state index contributed by atoms with van der Waals surface area (Å²) in [5.41, 5.74) is 0.324. The summed E-state index contributed by atoms with van der Waals surface area (Å²) in [4.78, 5) is 30.1. The van der Waals surface area contributed by atoms with E-state index in [1.165, 1.54) is 0 Å². The fourth-order valence-corrected chi connectivity index (χ4v) is 3.80. The molecule has 2 aromatic rings. The molecule has 0 radical (unpaired) electrons. The summed E-state index contributed by atoms with van der Waals surface area (Å²) >= 11 is 0. The Kier molecular flexibility index (Phi) is 3.11. The lowest BCUT2D eigenvalue weighted by atomic mass is 9.81. The molecule has 0 N–H and O–H groups in total. The number of imidazole rings is 1. The predicted molar refractivity (Wildman–Crippen MR) is 86.8 cm³/mol. The van der Waals surface area contributed by atoms with Gasteiger partial charge < -0.3 is 9.80 Å². The van der Waals surface area contributed by atoms with Gasteiger partial charge in [-0.25, -0.2) is 9.97 Å². The van der Waals surface area contributed by atoms with Gasteiger partial charge in [-0.3, -0.25) is 9.36 Å². The first kappa shape index (κ1) is 14.2. The molecule has 0 bridgehead atoms. The van der Waals surface area contributed by atoms with Crippen molar-refractivity contribution in [2.45, 2.75) is 38.1 Å². The zero-order valence-corrected chi connectivity index (χ0v) is 13.4. The number of carbonyl (C=O) groups is 1. The van der Waals surface area contributed by atoms with Crippen LogP contribution in [0.1, 0.15) is 32.6 Å². The minimum atomic E-state index is -0.458. The molecule has 1 saturated heterocycles. The minimum Gasteiger partial charge on any atom is -0.340 e. The van der Waals surface area contributed by atoms with Gasteiger partial charge in [0.2, 0.25) is 5.95 Å². The molecule has 0 aliphatic carbocycles. The molecule has 23 heavy (non-hydrogen) atoms. The highest BCUT2D eigenvalue weighted by Gasteiger charge is 2.50. The highest BCUT2D eigenvalue weighted by atomic mass is 16.2. The Morgan fingerprint density at radius 3 is 2.96 bits per heavy atom. The molecule has 4 rings (SSSR count). The van der Waals surface area contributed by atoms with Crippen LogP contribution in [0.25, 0.3) is 5.95 Å². The van der Waals surface area contributed by atoms with Crippen molar-refractivity contribution in [1.29, 1.82) is 0 Å². The number of likely N-dealkylation sites (N-methyl/N-ethyl adjacent to an activating group) is 1.